The summed E-state index contributed by atoms with van der Waals surface area (Å²) in [5, 5.41) is 10.0. The Hall–Kier alpha value is -2.70. The lowest BCUT2D eigenvalue weighted by atomic mass is 10.1. The fourth-order valence-corrected chi connectivity index (χ4v) is 2.62. The number of carbonyl (C=O) groups excluding carboxylic acids is 2. The lowest BCUT2D eigenvalue weighted by Gasteiger charge is -2.22. The van der Waals surface area contributed by atoms with E-state index in [4.69, 9.17) is 14.2 Å². The first-order chi connectivity index (χ1) is 12.1. The van der Waals surface area contributed by atoms with Crippen molar-refractivity contribution in [2.75, 3.05) is 0 Å². The molecule has 1 saturated heterocycles. The van der Waals surface area contributed by atoms with Gasteiger partial charge in [0.05, 0.1) is 17.2 Å². The average molecular weight is 342 g/mol. The molecular weight excluding hydrogens is 324 g/mol. The van der Waals surface area contributed by atoms with Gasteiger partial charge in [0, 0.05) is 0 Å². The summed E-state index contributed by atoms with van der Waals surface area (Å²) < 4.78 is 16.0. The minimum Gasteiger partial charge on any atom is -0.452 e. The van der Waals surface area contributed by atoms with Crippen LogP contribution >= 0.6 is 0 Å². The normalized spacial score (nSPS) is 25.4. The molecule has 6 heteroatoms. The molecule has 1 N–H and O–H groups in total. The van der Waals surface area contributed by atoms with Crippen molar-refractivity contribution in [1.29, 1.82) is 0 Å². The molecule has 3 rings (SSSR count). The van der Waals surface area contributed by atoms with E-state index in [0.717, 1.165) is 0 Å². The summed E-state index contributed by atoms with van der Waals surface area (Å²) in [6.45, 7) is 1.64. The van der Waals surface area contributed by atoms with Crippen LogP contribution in [0.1, 0.15) is 27.6 Å². The highest BCUT2D eigenvalue weighted by atomic mass is 16.7. The molecule has 1 aliphatic heterocycles. The third-order valence-electron chi connectivity index (χ3n) is 3.93. The van der Waals surface area contributed by atoms with Crippen LogP contribution in [0.3, 0.4) is 0 Å². The summed E-state index contributed by atoms with van der Waals surface area (Å²) >= 11 is 0. The van der Waals surface area contributed by atoms with Crippen LogP contribution in [0.4, 0.5) is 0 Å². The number of hydrogen-bond donors (Lipinski definition) is 1. The van der Waals surface area contributed by atoms with Gasteiger partial charge < -0.3 is 19.3 Å². The van der Waals surface area contributed by atoms with Crippen molar-refractivity contribution in [2.24, 2.45) is 0 Å². The summed E-state index contributed by atoms with van der Waals surface area (Å²) in [6, 6.07) is 16.8. The highest BCUT2D eigenvalue weighted by Gasteiger charge is 2.47. The largest absolute Gasteiger partial charge is 0.452 e. The molecular formula is C19H18O6. The summed E-state index contributed by atoms with van der Waals surface area (Å²) in [5.41, 5.74) is 0.701. The first-order valence-electron chi connectivity index (χ1n) is 7.92. The number of esters is 2. The topological polar surface area (TPSA) is 82.1 Å². The number of benzene rings is 2. The summed E-state index contributed by atoms with van der Waals surface area (Å²) in [5.74, 6) is -1.20. The molecule has 4 atom stereocenters. The summed E-state index contributed by atoms with van der Waals surface area (Å²) in [7, 11) is 0. The predicted molar refractivity (Wildman–Crippen MR) is 87.8 cm³/mol. The van der Waals surface area contributed by atoms with E-state index >= 15 is 0 Å². The van der Waals surface area contributed by atoms with E-state index < -0.39 is 36.5 Å². The molecule has 0 bridgehead atoms. The minimum absolute atomic E-state index is 0.336. The van der Waals surface area contributed by atoms with Gasteiger partial charge in [-0.15, -0.1) is 0 Å². The Morgan fingerprint density at radius 1 is 0.840 bits per heavy atom. The standard InChI is InChI=1S/C19H18O6/c1-12-15(24-17(20)13-8-4-2-5-9-13)16(19(22)23-12)25-18(21)14-10-6-3-7-11-14/h2-12,15-16,19,22H,1H3/t12-,15-,16+,19-/m1/s1. The van der Waals surface area contributed by atoms with Gasteiger partial charge in [-0.2, -0.15) is 0 Å². The zero-order valence-corrected chi connectivity index (χ0v) is 13.6. The van der Waals surface area contributed by atoms with Gasteiger partial charge in [-0.1, -0.05) is 36.4 Å². The van der Waals surface area contributed by atoms with Crippen LogP contribution in [0.5, 0.6) is 0 Å². The Bertz CT molecular complexity index is 667. The molecule has 0 unspecified atom stereocenters. The molecule has 0 spiro atoms. The fourth-order valence-electron chi connectivity index (χ4n) is 2.62. The van der Waals surface area contributed by atoms with Crippen LogP contribution in [0.25, 0.3) is 0 Å². The van der Waals surface area contributed by atoms with Crippen molar-refractivity contribution >= 4 is 11.9 Å². The maximum absolute atomic E-state index is 12.3. The van der Waals surface area contributed by atoms with E-state index in [1.165, 1.54) is 0 Å². The Morgan fingerprint density at radius 3 is 1.76 bits per heavy atom. The van der Waals surface area contributed by atoms with E-state index in [-0.39, 0.29) is 0 Å². The molecule has 0 amide bonds. The lowest BCUT2D eigenvalue weighted by molar-refractivity contribution is -0.127. The number of aliphatic hydroxyl groups excluding tert-OH is 1. The Kier molecular flexibility index (Phi) is 5.11. The molecule has 130 valence electrons. The van der Waals surface area contributed by atoms with Crippen molar-refractivity contribution in [3.63, 3.8) is 0 Å². The predicted octanol–water partition coefficient (Wildman–Crippen LogP) is 2.17. The highest BCUT2D eigenvalue weighted by molar-refractivity contribution is 5.90. The number of aliphatic hydroxyl groups is 1. The van der Waals surface area contributed by atoms with Gasteiger partial charge in [0.2, 0.25) is 0 Å². The lowest BCUT2D eigenvalue weighted by Crippen LogP contribution is -2.39. The fraction of sp³-hybridized carbons (Fsp3) is 0.263. The van der Waals surface area contributed by atoms with Crippen LogP contribution in [0.2, 0.25) is 0 Å². The zero-order chi connectivity index (χ0) is 17.8. The van der Waals surface area contributed by atoms with Gasteiger partial charge >= 0.3 is 11.9 Å². The van der Waals surface area contributed by atoms with E-state index in [2.05, 4.69) is 0 Å². The Balaban J connectivity index is 1.72. The number of rotatable bonds is 4. The second kappa shape index (κ2) is 7.46. The third-order valence-corrected chi connectivity index (χ3v) is 3.93. The monoisotopic (exact) mass is 342 g/mol. The number of hydrogen-bond acceptors (Lipinski definition) is 6. The summed E-state index contributed by atoms with van der Waals surface area (Å²) in [4.78, 5) is 24.5. The molecule has 0 saturated carbocycles. The van der Waals surface area contributed by atoms with E-state index in [0.29, 0.717) is 11.1 Å². The van der Waals surface area contributed by atoms with Gasteiger partial charge in [-0.3, -0.25) is 0 Å². The van der Waals surface area contributed by atoms with Crippen LogP contribution in [-0.2, 0) is 14.2 Å². The SMILES string of the molecule is C[C@H]1O[C@@H](O)[C@@H](OC(=O)c2ccccc2)[C@@H]1OC(=O)c1ccccc1. The molecule has 1 aliphatic rings. The second-order valence-electron chi connectivity index (χ2n) is 5.70. The van der Waals surface area contributed by atoms with E-state index in [1.54, 1.807) is 67.6 Å². The number of ether oxygens (including phenoxy) is 3. The van der Waals surface area contributed by atoms with Gasteiger partial charge in [-0.05, 0) is 31.2 Å². The van der Waals surface area contributed by atoms with Crippen LogP contribution in [0, 0.1) is 0 Å². The first-order valence-corrected chi connectivity index (χ1v) is 7.92. The molecule has 0 radical (unpaired) electrons. The van der Waals surface area contributed by atoms with Crippen molar-refractivity contribution < 1.29 is 28.9 Å². The maximum atomic E-state index is 12.3. The van der Waals surface area contributed by atoms with E-state index in [1.807, 2.05) is 0 Å². The molecule has 1 fully saturated rings. The summed E-state index contributed by atoms with van der Waals surface area (Å²) in [6.07, 6.45) is -3.99. The third kappa shape index (κ3) is 3.87. The van der Waals surface area contributed by atoms with Crippen molar-refractivity contribution in [1.82, 2.24) is 0 Å². The molecule has 0 aliphatic carbocycles. The average Bonchev–Trinajstić information content (AvgIpc) is 2.90. The molecule has 2 aromatic rings. The van der Waals surface area contributed by atoms with Gasteiger partial charge in [0.15, 0.2) is 18.5 Å². The molecule has 0 aromatic heterocycles. The van der Waals surface area contributed by atoms with Crippen molar-refractivity contribution in [3.05, 3.63) is 71.8 Å². The Morgan fingerprint density at radius 2 is 1.28 bits per heavy atom. The van der Waals surface area contributed by atoms with Gasteiger partial charge in [0.1, 0.15) is 0 Å². The van der Waals surface area contributed by atoms with Crippen LogP contribution in [-0.4, -0.2) is 41.6 Å². The van der Waals surface area contributed by atoms with Gasteiger partial charge in [0.25, 0.3) is 0 Å². The first kappa shape index (κ1) is 17.1. The zero-order valence-electron chi connectivity index (χ0n) is 13.6. The van der Waals surface area contributed by atoms with Crippen LogP contribution < -0.4 is 0 Å². The van der Waals surface area contributed by atoms with Crippen molar-refractivity contribution in [2.45, 2.75) is 31.5 Å². The van der Waals surface area contributed by atoms with Gasteiger partial charge in [-0.25, -0.2) is 9.59 Å². The molecule has 6 nitrogen and oxygen atoms in total. The molecule has 25 heavy (non-hydrogen) atoms. The minimum atomic E-state index is -1.36. The van der Waals surface area contributed by atoms with E-state index in [9.17, 15) is 14.7 Å². The molecule has 2 aromatic carbocycles. The molecule has 1 heterocycles. The highest BCUT2D eigenvalue weighted by Crippen LogP contribution is 2.27. The number of carbonyl (C=O) groups is 2. The second-order valence-corrected chi connectivity index (χ2v) is 5.70. The van der Waals surface area contributed by atoms with Crippen LogP contribution in [0.15, 0.2) is 60.7 Å². The smallest absolute Gasteiger partial charge is 0.338 e. The Labute approximate surface area is 144 Å². The maximum Gasteiger partial charge on any atom is 0.338 e. The quantitative estimate of drug-likeness (QED) is 0.858. The van der Waals surface area contributed by atoms with Crippen molar-refractivity contribution in [3.8, 4) is 0 Å².